The van der Waals surface area contributed by atoms with Crippen LogP contribution in [-0.2, 0) is 10.0 Å². The van der Waals surface area contributed by atoms with E-state index in [1.54, 1.807) is 19.1 Å². The van der Waals surface area contributed by atoms with E-state index in [0.717, 1.165) is 12.1 Å². The number of non-ortho nitro benzene ring substituents is 1. The average Bonchev–Trinajstić information content (AvgIpc) is 2.56. The molecule has 1 aliphatic carbocycles. The Kier molecular flexibility index (Phi) is 5.72. The molecule has 0 spiro atoms. The number of hydrogen-bond acceptors (Lipinski definition) is 5. The van der Waals surface area contributed by atoms with Gasteiger partial charge in [-0.1, -0.05) is 18.1 Å². The predicted octanol–water partition coefficient (Wildman–Crippen LogP) is 1.69. The van der Waals surface area contributed by atoms with E-state index in [0.29, 0.717) is 12.8 Å². The summed E-state index contributed by atoms with van der Waals surface area (Å²) >= 11 is 0. The summed E-state index contributed by atoms with van der Waals surface area (Å²) in [6, 6.07) is 4.37. The first kappa shape index (κ1) is 18.1. The lowest BCUT2D eigenvalue weighted by Gasteiger charge is -2.30. The van der Waals surface area contributed by atoms with Crippen molar-refractivity contribution in [3.8, 4) is 11.8 Å². The van der Waals surface area contributed by atoms with Crippen molar-refractivity contribution in [2.45, 2.75) is 36.8 Å². The standard InChI is InChI=1S/C16H18N2O5S/c1-2-3-12-17(13-4-8-15(19)9-5-13)24(22,23)16-10-6-14(7-11-16)18(20)21/h4,6-8,10-11,13,15,19H,5,9,12H2,1H3/t13-,15+/m1/s1. The Hall–Kier alpha value is -2.21. The molecule has 0 amide bonds. The van der Waals surface area contributed by atoms with Crippen molar-refractivity contribution in [1.82, 2.24) is 4.31 Å². The molecule has 0 bridgehead atoms. The summed E-state index contributed by atoms with van der Waals surface area (Å²) < 4.78 is 27.0. The minimum absolute atomic E-state index is 0.0148. The van der Waals surface area contributed by atoms with Gasteiger partial charge in [0, 0.05) is 18.2 Å². The highest BCUT2D eigenvalue weighted by Gasteiger charge is 2.31. The van der Waals surface area contributed by atoms with Gasteiger partial charge in [0.05, 0.1) is 22.5 Å². The van der Waals surface area contributed by atoms with Gasteiger partial charge in [-0.05, 0) is 31.9 Å². The SMILES string of the molecule is CC#CCN([C@@H]1C=C[C@H](O)CC1)S(=O)(=O)c1ccc([N+](=O)[O-])cc1. The molecule has 0 radical (unpaired) electrons. The zero-order valence-corrected chi connectivity index (χ0v) is 13.9. The van der Waals surface area contributed by atoms with E-state index in [1.807, 2.05) is 0 Å². The number of aliphatic hydroxyl groups excluding tert-OH is 1. The number of benzene rings is 1. The minimum atomic E-state index is -3.86. The third-order valence-electron chi connectivity index (χ3n) is 3.75. The molecule has 24 heavy (non-hydrogen) atoms. The van der Waals surface area contributed by atoms with Gasteiger partial charge in [-0.25, -0.2) is 8.42 Å². The number of rotatable bonds is 5. The van der Waals surface area contributed by atoms with Crippen LogP contribution in [0.5, 0.6) is 0 Å². The summed E-state index contributed by atoms with van der Waals surface area (Å²) in [7, 11) is -3.86. The molecular formula is C16H18N2O5S. The zero-order chi connectivity index (χ0) is 17.7. The fraction of sp³-hybridized carbons (Fsp3) is 0.375. The maximum Gasteiger partial charge on any atom is 0.269 e. The zero-order valence-electron chi connectivity index (χ0n) is 13.1. The van der Waals surface area contributed by atoms with Gasteiger partial charge in [0.2, 0.25) is 10.0 Å². The van der Waals surface area contributed by atoms with Crippen molar-refractivity contribution in [2.75, 3.05) is 6.54 Å². The smallest absolute Gasteiger partial charge is 0.269 e. The molecule has 1 aliphatic rings. The molecule has 0 aromatic heterocycles. The molecule has 0 unspecified atom stereocenters. The highest BCUT2D eigenvalue weighted by Crippen LogP contribution is 2.25. The molecule has 0 aliphatic heterocycles. The van der Waals surface area contributed by atoms with Crippen LogP contribution in [0.2, 0.25) is 0 Å². The molecule has 0 saturated heterocycles. The van der Waals surface area contributed by atoms with Crippen LogP contribution >= 0.6 is 0 Å². The number of sulfonamides is 1. The van der Waals surface area contributed by atoms with Crippen LogP contribution in [-0.4, -0.2) is 41.4 Å². The molecule has 7 nitrogen and oxygen atoms in total. The normalized spacial score (nSPS) is 20.5. The van der Waals surface area contributed by atoms with Gasteiger partial charge in [-0.3, -0.25) is 10.1 Å². The van der Waals surface area contributed by atoms with E-state index >= 15 is 0 Å². The Balaban J connectivity index is 2.37. The molecule has 1 aromatic rings. The maximum atomic E-state index is 12.9. The van der Waals surface area contributed by atoms with Crippen LogP contribution in [0, 0.1) is 22.0 Å². The summed E-state index contributed by atoms with van der Waals surface area (Å²) in [5.41, 5.74) is -0.172. The van der Waals surface area contributed by atoms with E-state index in [-0.39, 0.29) is 17.1 Å². The summed E-state index contributed by atoms with van der Waals surface area (Å²) in [6.45, 7) is 1.64. The average molecular weight is 350 g/mol. The minimum Gasteiger partial charge on any atom is -0.389 e. The van der Waals surface area contributed by atoms with Crippen molar-refractivity contribution < 1.29 is 18.4 Å². The largest absolute Gasteiger partial charge is 0.389 e. The lowest BCUT2D eigenvalue weighted by Crippen LogP contribution is -2.41. The van der Waals surface area contributed by atoms with Gasteiger partial charge in [-0.2, -0.15) is 4.31 Å². The Morgan fingerprint density at radius 3 is 2.46 bits per heavy atom. The van der Waals surface area contributed by atoms with Gasteiger partial charge >= 0.3 is 0 Å². The molecule has 2 rings (SSSR count). The quantitative estimate of drug-likeness (QED) is 0.377. The van der Waals surface area contributed by atoms with E-state index < -0.39 is 27.1 Å². The van der Waals surface area contributed by atoms with Crippen molar-refractivity contribution >= 4 is 15.7 Å². The second-order valence-corrected chi connectivity index (χ2v) is 7.22. The van der Waals surface area contributed by atoms with Crippen LogP contribution in [0.4, 0.5) is 5.69 Å². The second kappa shape index (κ2) is 7.57. The highest BCUT2D eigenvalue weighted by molar-refractivity contribution is 7.89. The van der Waals surface area contributed by atoms with E-state index in [2.05, 4.69) is 11.8 Å². The number of aliphatic hydroxyl groups is 1. The predicted molar refractivity (Wildman–Crippen MR) is 88.6 cm³/mol. The van der Waals surface area contributed by atoms with Crippen molar-refractivity contribution in [3.63, 3.8) is 0 Å². The lowest BCUT2D eigenvalue weighted by atomic mass is 10.0. The molecule has 2 atom stereocenters. The molecule has 1 aromatic carbocycles. The van der Waals surface area contributed by atoms with E-state index in [1.165, 1.54) is 16.4 Å². The maximum absolute atomic E-state index is 12.9. The number of nitro benzene ring substituents is 1. The highest BCUT2D eigenvalue weighted by atomic mass is 32.2. The number of hydrogen-bond donors (Lipinski definition) is 1. The fourth-order valence-corrected chi connectivity index (χ4v) is 3.96. The first-order chi connectivity index (χ1) is 11.4. The van der Waals surface area contributed by atoms with Gasteiger partial charge in [0.15, 0.2) is 0 Å². The third kappa shape index (κ3) is 4.00. The van der Waals surface area contributed by atoms with Crippen molar-refractivity contribution in [3.05, 3.63) is 46.5 Å². The molecular weight excluding hydrogens is 332 g/mol. The van der Waals surface area contributed by atoms with Crippen LogP contribution < -0.4 is 0 Å². The summed E-state index contributed by atoms with van der Waals surface area (Å²) in [4.78, 5) is 10.1. The second-order valence-electron chi connectivity index (χ2n) is 5.32. The molecule has 1 N–H and O–H groups in total. The van der Waals surface area contributed by atoms with Gasteiger partial charge < -0.3 is 5.11 Å². The molecule has 0 saturated carbocycles. The number of nitrogens with zero attached hydrogens (tertiary/aromatic N) is 2. The van der Waals surface area contributed by atoms with Crippen LogP contribution in [0.1, 0.15) is 19.8 Å². The number of nitro groups is 1. The van der Waals surface area contributed by atoms with Crippen LogP contribution in [0.3, 0.4) is 0 Å². The summed E-state index contributed by atoms with van der Waals surface area (Å²) in [6.07, 6.45) is 3.62. The van der Waals surface area contributed by atoms with E-state index in [9.17, 15) is 23.6 Å². The Morgan fingerprint density at radius 2 is 1.96 bits per heavy atom. The van der Waals surface area contributed by atoms with Crippen molar-refractivity contribution in [2.24, 2.45) is 0 Å². The lowest BCUT2D eigenvalue weighted by molar-refractivity contribution is -0.384. The Bertz CT molecular complexity index is 790. The van der Waals surface area contributed by atoms with Crippen LogP contribution in [0.25, 0.3) is 0 Å². The summed E-state index contributed by atoms with van der Waals surface area (Å²) in [5.74, 6) is 5.43. The molecule has 0 fully saturated rings. The van der Waals surface area contributed by atoms with Gasteiger partial charge in [0.25, 0.3) is 5.69 Å². The molecule has 0 heterocycles. The Labute approximate surface area is 140 Å². The van der Waals surface area contributed by atoms with Crippen LogP contribution in [0.15, 0.2) is 41.3 Å². The Morgan fingerprint density at radius 1 is 1.29 bits per heavy atom. The molecule has 8 heteroatoms. The monoisotopic (exact) mass is 350 g/mol. The van der Waals surface area contributed by atoms with Gasteiger partial charge in [0.1, 0.15) is 0 Å². The van der Waals surface area contributed by atoms with Gasteiger partial charge in [-0.15, -0.1) is 5.92 Å². The first-order valence-corrected chi connectivity index (χ1v) is 8.82. The first-order valence-electron chi connectivity index (χ1n) is 7.38. The van der Waals surface area contributed by atoms with Crippen molar-refractivity contribution in [1.29, 1.82) is 0 Å². The third-order valence-corrected chi connectivity index (χ3v) is 5.63. The van der Waals surface area contributed by atoms with E-state index in [4.69, 9.17) is 0 Å². The molecule has 128 valence electrons. The topological polar surface area (TPSA) is 101 Å². The fourth-order valence-electron chi connectivity index (χ4n) is 2.44. The summed E-state index contributed by atoms with van der Waals surface area (Å²) in [5, 5.41) is 20.3.